The molecule has 1 amide bonds. The van der Waals surface area contributed by atoms with E-state index in [-0.39, 0.29) is 11.7 Å². The third kappa shape index (κ3) is 3.42. The number of fused-ring (bicyclic) bond motifs is 1. The highest BCUT2D eigenvalue weighted by Gasteiger charge is 2.39. The van der Waals surface area contributed by atoms with Crippen LogP contribution >= 0.6 is 23.2 Å². The van der Waals surface area contributed by atoms with Gasteiger partial charge in [-0.15, -0.1) is 0 Å². The van der Waals surface area contributed by atoms with Crippen LogP contribution in [0.4, 0.5) is 11.5 Å². The molecule has 1 aliphatic carbocycles. The Morgan fingerprint density at radius 1 is 1.06 bits per heavy atom. The highest BCUT2D eigenvalue weighted by Crippen LogP contribution is 2.45. The van der Waals surface area contributed by atoms with Gasteiger partial charge in [0.1, 0.15) is 17.4 Å². The quantitative estimate of drug-likeness (QED) is 0.552. The first kappa shape index (κ1) is 19.8. The van der Waals surface area contributed by atoms with E-state index in [1.165, 1.54) is 6.20 Å². The van der Waals surface area contributed by atoms with E-state index in [9.17, 15) is 9.59 Å². The van der Waals surface area contributed by atoms with Crippen LogP contribution in [0, 0.1) is 0 Å². The lowest BCUT2D eigenvalue weighted by atomic mass is 9.85. The fourth-order valence-electron chi connectivity index (χ4n) is 4.18. The molecular formula is C23H18Cl2N4O2. The molecule has 5 rings (SSSR count). The fraction of sp³-hybridized carbons (Fsp3) is 0.174. The zero-order valence-electron chi connectivity index (χ0n) is 16.4. The van der Waals surface area contributed by atoms with E-state index in [0.29, 0.717) is 51.1 Å². The van der Waals surface area contributed by atoms with Crippen LogP contribution in [0.1, 0.15) is 41.2 Å². The van der Waals surface area contributed by atoms with Crippen LogP contribution in [0.3, 0.4) is 0 Å². The van der Waals surface area contributed by atoms with E-state index >= 15 is 0 Å². The predicted molar refractivity (Wildman–Crippen MR) is 121 cm³/mol. The molecule has 1 aliphatic heterocycles. The number of ketones is 1. The average Bonchev–Trinajstić information content (AvgIpc) is 3.18. The van der Waals surface area contributed by atoms with Crippen LogP contribution in [0.25, 0.3) is 0 Å². The molecular weight excluding hydrogens is 435 g/mol. The largest absolute Gasteiger partial charge is 0.343 e. The van der Waals surface area contributed by atoms with Gasteiger partial charge in [-0.1, -0.05) is 47.5 Å². The van der Waals surface area contributed by atoms with E-state index in [1.807, 2.05) is 30.3 Å². The van der Waals surface area contributed by atoms with E-state index in [2.05, 4.69) is 15.7 Å². The van der Waals surface area contributed by atoms with Gasteiger partial charge in [-0.05, 0) is 37.1 Å². The number of amides is 1. The van der Waals surface area contributed by atoms with Gasteiger partial charge in [-0.3, -0.25) is 9.59 Å². The number of rotatable bonds is 3. The van der Waals surface area contributed by atoms with Crippen LogP contribution < -0.4 is 10.6 Å². The molecule has 1 atom stereocenters. The number of nitrogens with zero attached hydrogens (tertiary/aromatic N) is 2. The SMILES string of the molecule is O=C1CCCC2=C1[C@H](c1c(Cl)cccc1Cl)n1ncc(C(=O)Nc3ccccc3)c1N2. The monoisotopic (exact) mass is 452 g/mol. The maximum absolute atomic E-state index is 13.0. The number of nitrogens with one attached hydrogen (secondary N) is 2. The number of hydrogen-bond acceptors (Lipinski definition) is 4. The van der Waals surface area contributed by atoms with E-state index in [0.717, 1.165) is 12.1 Å². The van der Waals surface area contributed by atoms with E-state index < -0.39 is 6.04 Å². The summed E-state index contributed by atoms with van der Waals surface area (Å²) in [5.74, 6) is 0.254. The van der Waals surface area contributed by atoms with Crippen molar-refractivity contribution in [1.29, 1.82) is 0 Å². The number of Topliss-reactive ketones (excluding diaryl/α,β-unsaturated/α-hetero) is 1. The summed E-state index contributed by atoms with van der Waals surface area (Å²) in [6.07, 6.45) is 3.40. The van der Waals surface area contributed by atoms with Gasteiger partial charge >= 0.3 is 0 Å². The van der Waals surface area contributed by atoms with Crippen molar-refractivity contribution in [3.8, 4) is 0 Å². The number of allylic oxidation sites excluding steroid dienone is 2. The van der Waals surface area contributed by atoms with Crippen molar-refractivity contribution < 1.29 is 9.59 Å². The second kappa shape index (κ2) is 7.87. The van der Waals surface area contributed by atoms with Crippen molar-refractivity contribution in [2.24, 2.45) is 0 Å². The van der Waals surface area contributed by atoms with Gasteiger partial charge in [0.05, 0.1) is 6.20 Å². The summed E-state index contributed by atoms with van der Waals surface area (Å²) in [7, 11) is 0. The number of aromatic nitrogens is 2. The van der Waals surface area contributed by atoms with Crippen LogP contribution in [0.5, 0.6) is 0 Å². The van der Waals surface area contributed by atoms with Gasteiger partial charge in [0, 0.05) is 39.0 Å². The maximum Gasteiger partial charge on any atom is 0.261 e. The minimum absolute atomic E-state index is 0.0335. The first-order valence-electron chi connectivity index (χ1n) is 9.95. The third-order valence-corrected chi connectivity index (χ3v) is 6.25. The zero-order chi connectivity index (χ0) is 21.5. The molecule has 1 aromatic heterocycles. The number of carbonyl (C=O) groups is 2. The minimum Gasteiger partial charge on any atom is -0.343 e. The number of benzene rings is 2. The van der Waals surface area contributed by atoms with E-state index in [1.54, 1.807) is 22.9 Å². The molecule has 2 heterocycles. The Morgan fingerprint density at radius 2 is 1.81 bits per heavy atom. The van der Waals surface area contributed by atoms with Gasteiger partial charge in [0.2, 0.25) is 0 Å². The van der Waals surface area contributed by atoms with Gasteiger partial charge in [-0.25, -0.2) is 4.68 Å². The highest BCUT2D eigenvalue weighted by molar-refractivity contribution is 6.36. The molecule has 6 nitrogen and oxygen atoms in total. The Kier molecular flexibility index (Phi) is 5.04. The van der Waals surface area contributed by atoms with Crippen molar-refractivity contribution in [2.45, 2.75) is 25.3 Å². The molecule has 0 radical (unpaired) electrons. The first-order chi connectivity index (χ1) is 15.0. The summed E-state index contributed by atoms with van der Waals surface area (Å²) in [5, 5.41) is 11.5. The third-order valence-electron chi connectivity index (χ3n) is 5.59. The number of anilines is 2. The number of carbonyl (C=O) groups excluding carboxylic acids is 2. The normalized spacial score (nSPS) is 17.6. The summed E-state index contributed by atoms with van der Waals surface area (Å²) in [6.45, 7) is 0. The molecule has 0 saturated heterocycles. The Labute approximate surface area is 188 Å². The predicted octanol–water partition coefficient (Wildman–Crippen LogP) is 5.46. The van der Waals surface area contributed by atoms with Crippen molar-refractivity contribution in [3.05, 3.63) is 87.2 Å². The Balaban J connectivity index is 1.63. The standard InChI is InChI=1S/C23H18Cl2N4O2/c24-15-8-4-9-16(25)19(15)21-20-17(10-5-11-18(20)30)28-22-14(12-26-29(21)22)23(31)27-13-6-2-1-3-7-13/h1-4,6-9,12,21,28H,5,10-11H2,(H,27,31)/t21-/m0/s1. The fourth-order valence-corrected chi connectivity index (χ4v) is 4.79. The van der Waals surface area contributed by atoms with Crippen molar-refractivity contribution >= 4 is 46.4 Å². The summed E-state index contributed by atoms with van der Waals surface area (Å²) in [6, 6.07) is 13.8. The Hall–Kier alpha value is -3.09. The van der Waals surface area contributed by atoms with Gasteiger partial charge in [0.15, 0.2) is 5.78 Å². The highest BCUT2D eigenvalue weighted by atomic mass is 35.5. The first-order valence-corrected chi connectivity index (χ1v) is 10.7. The number of hydrogen-bond donors (Lipinski definition) is 2. The van der Waals surface area contributed by atoms with E-state index in [4.69, 9.17) is 23.2 Å². The second-order valence-corrected chi connectivity index (χ2v) is 8.32. The molecule has 3 aromatic rings. The molecule has 8 heteroatoms. The summed E-state index contributed by atoms with van der Waals surface area (Å²) < 4.78 is 1.63. The molecule has 0 saturated carbocycles. The lowest BCUT2D eigenvalue weighted by Gasteiger charge is -2.34. The van der Waals surface area contributed by atoms with Crippen molar-refractivity contribution in [1.82, 2.24) is 9.78 Å². The van der Waals surface area contributed by atoms with Crippen molar-refractivity contribution in [2.75, 3.05) is 10.6 Å². The van der Waals surface area contributed by atoms with Crippen LogP contribution in [-0.4, -0.2) is 21.5 Å². The zero-order valence-corrected chi connectivity index (χ0v) is 17.9. The molecule has 31 heavy (non-hydrogen) atoms. The Morgan fingerprint density at radius 3 is 2.55 bits per heavy atom. The molecule has 156 valence electrons. The lowest BCUT2D eigenvalue weighted by molar-refractivity contribution is -0.116. The maximum atomic E-state index is 13.0. The van der Waals surface area contributed by atoms with Crippen LogP contribution in [0.2, 0.25) is 10.0 Å². The Bertz CT molecular complexity index is 1210. The van der Waals surface area contributed by atoms with Crippen LogP contribution in [0.15, 0.2) is 66.0 Å². The van der Waals surface area contributed by atoms with Gasteiger partial charge in [-0.2, -0.15) is 5.10 Å². The molecule has 2 aliphatic rings. The number of halogens is 2. The average molecular weight is 453 g/mol. The topological polar surface area (TPSA) is 76.0 Å². The molecule has 0 bridgehead atoms. The van der Waals surface area contributed by atoms with Crippen LogP contribution in [-0.2, 0) is 4.79 Å². The second-order valence-electron chi connectivity index (χ2n) is 7.50. The molecule has 2 N–H and O–H groups in total. The van der Waals surface area contributed by atoms with Gasteiger partial charge < -0.3 is 10.6 Å². The van der Waals surface area contributed by atoms with Crippen molar-refractivity contribution in [3.63, 3.8) is 0 Å². The summed E-state index contributed by atoms with van der Waals surface area (Å²) in [5.41, 5.74) is 3.06. The molecule has 0 fully saturated rings. The lowest BCUT2D eigenvalue weighted by Crippen LogP contribution is -2.32. The number of para-hydroxylation sites is 1. The smallest absolute Gasteiger partial charge is 0.261 e. The summed E-state index contributed by atoms with van der Waals surface area (Å²) in [4.78, 5) is 25.9. The molecule has 2 aromatic carbocycles. The molecule has 0 unspecified atom stereocenters. The minimum atomic E-state index is -0.599. The summed E-state index contributed by atoms with van der Waals surface area (Å²) >= 11 is 13.1. The van der Waals surface area contributed by atoms with Gasteiger partial charge in [0.25, 0.3) is 5.91 Å². The molecule has 0 spiro atoms.